The van der Waals surface area contributed by atoms with Crippen LogP contribution >= 0.6 is 23.2 Å². The monoisotopic (exact) mass is 476 g/mol. The van der Waals surface area contributed by atoms with E-state index in [1.165, 1.54) is 22.5 Å². The number of para-hydroxylation sites is 1. The Morgan fingerprint density at radius 3 is 2.29 bits per heavy atom. The van der Waals surface area contributed by atoms with Crippen LogP contribution in [0.2, 0.25) is 10.0 Å². The highest BCUT2D eigenvalue weighted by molar-refractivity contribution is 7.89. The lowest BCUT2D eigenvalue weighted by atomic mass is 10.0. The van der Waals surface area contributed by atoms with Gasteiger partial charge in [-0.05, 0) is 42.0 Å². The number of nitrogens with zero attached hydrogens (tertiary/aromatic N) is 2. The predicted octanol–water partition coefficient (Wildman–Crippen LogP) is 5.18. The number of hydrogen-bond donors (Lipinski definition) is 0. The Hall–Kier alpha value is -2.25. The van der Waals surface area contributed by atoms with Gasteiger partial charge in [0, 0.05) is 37.4 Å². The molecule has 0 aliphatic carbocycles. The summed E-state index contributed by atoms with van der Waals surface area (Å²) in [6.45, 7) is 1.94. The molecule has 0 unspecified atom stereocenters. The predicted molar refractivity (Wildman–Crippen MR) is 126 cm³/mol. The number of halogens is 2. The number of rotatable bonds is 5. The maximum atomic E-state index is 13.0. The average molecular weight is 477 g/mol. The number of methoxy groups -OCH3 is 1. The molecule has 0 amide bonds. The third-order valence-corrected chi connectivity index (χ3v) is 8.03. The van der Waals surface area contributed by atoms with Crippen molar-refractivity contribution >= 4 is 38.9 Å². The molecule has 0 atom stereocenters. The normalized spacial score (nSPS) is 15.1. The van der Waals surface area contributed by atoms with Gasteiger partial charge in [-0.3, -0.25) is 0 Å². The van der Waals surface area contributed by atoms with Crippen molar-refractivity contribution < 1.29 is 13.2 Å². The van der Waals surface area contributed by atoms with Gasteiger partial charge >= 0.3 is 0 Å². The molecule has 3 aromatic carbocycles. The molecular weight excluding hydrogens is 455 g/mol. The summed E-state index contributed by atoms with van der Waals surface area (Å²) >= 11 is 12.0. The molecule has 0 saturated carbocycles. The summed E-state index contributed by atoms with van der Waals surface area (Å²) in [5.41, 5.74) is 3.21. The van der Waals surface area contributed by atoms with Crippen LogP contribution < -0.4 is 9.64 Å². The molecule has 8 heteroatoms. The van der Waals surface area contributed by atoms with E-state index >= 15 is 0 Å². The SMILES string of the molecule is COc1cccc(-c2ccccc2N2CCN(S(=O)(=O)c3ccc(Cl)c(Cl)c3)CC2)c1. The van der Waals surface area contributed by atoms with Crippen molar-refractivity contribution in [3.63, 3.8) is 0 Å². The maximum Gasteiger partial charge on any atom is 0.243 e. The Balaban J connectivity index is 1.55. The highest BCUT2D eigenvalue weighted by Gasteiger charge is 2.29. The number of sulfonamides is 1. The third-order valence-electron chi connectivity index (χ3n) is 5.39. The second kappa shape index (κ2) is 9.09. The maximum absolute atomic E-state index is 13.0. The standard InChI is InChI=1S/C23H22Cl2N2O3S/c1-30-18-6-4-5-17(15-18)20-7-2-3-8-23(20)26-11-13-27(14-12-26)31(28,29)19-9-10-21(24)22(25)16-19/h2-10,15-16H,11-14H2,1H3. The van der Waals surface area contributed by atoms with Crippen LogP contribution in [-0.4, -0.2) is 46.0 Å². The van der Waals surface area contributed by atoms with Crippen molar-refractivity contribution in [1.29, 1.82) is 0 Å². The fourth-order valence-electron chi connectivity index (χ4n) is 3.74. The summed E-state index contributed by atoms with van der Waals surface area (Å²) in [6.07, 6.45) is 0. The molecule has 5 nitrogen and oxygen atoms in total. The molecule has 0 bridgehead atoms. The second-order valence-corrected chi connectivity index (χ2v) is 9.97. The zero-order valence-corrected chi connectivity index (χ0v) is 19.3. The van der Waals surface area contributed by atoms with Gasteiger partial charge in [0.1, 0.15) is 5.75 Å². The van der Waals surface area contributed by atoms with E-state index in [0.29, 0.717) is 31.2 Å². The first kappa shape index (κ1) is 22.0. The molecule has 1 aliphatic rings. The summed E-state index contributed by atoms with van der Waals surface area (Å²) in [6, 6.07) is 20.5. The lowest BCUT2D eigenvalue weighted by Gasteiger charge is -2.36. The topological polar surface area (TPSA) is 49.9 Å². The van der Waals surface area contributed by atoms with E-state index in [9.17, 15) is 8.42 Å². The fraction of sp³-hybridized carbons (Fsp3) is 0.217. The van der Waals surface area contributed by atoms with Gasteiger partial charge in [-0.1, -0.05) is 53.5 Å². The third kappa shape index (κ3) is 4.53. The fourth-order valence-corrected chi connectivity index (χ4v) is 5.55. The first-order valence-electron chi connectivity index (χ1n) is 9.84. The molecular formula is C23H22Cl2N2O3S. The average Bonchev–Trinajstić information content (AvgIpc) is 2.81. The smallest absolute Gasteiger partial charge is 0.243 e. The molecule has 1 heterocycles. The van der Waals surface area contributed by atoms with Crippen LogP contribution in [0.5, 0.6) is 5.75 Å². The van der Waals surface area contributed by atoms with Gasteiger partial charge < -0.3 is 9.64 Å². The van der Waals surface area contributed by atoms with Crippen LogP contribution in [0.25, 0.3) is 11.1 Å². The lowest BCUT2D eigenvalue weighted by molar-refractivity contribution is 0.385. The van der Waals surface area contributed by atoms with Gasteiger partial charge in [0.2, 0.25) is 10.0 Å². The van der Waals surface area contributed by atoms with Crippen molar-refractivity contribution in [2.75, 3.05) is 38.2 Å². The number of ether oxygens (including phenoxy) is 1. The van der Waals surface area contributed by atoms with E-state index in [1.54, 1.807) is 7.11 Å². The molecule has 4 rings (SSSR count). The van der Waals surface area contributed by atoms with Crippen LogP contribution in [0.3, 0.4) is 0 Å². The van der Waals surface area contributed by atoms with Crippen molar-refractivity contribution in [2.24, 2.45) is 0 Å². The minimum absolute atomic E-state index is 0.159. The molecule has 0 aromatic heterocycles. The Kier molecular flexibility index (Phi) is 6.44. The van der Waals surface area contributed by atoms with Crippen LogP contribution in [-0.2, 0) is 10.0 Å². The molecule has 31 heavy (non-hydrogen) atoms. The first-order valence-corrected chi connectivity index (χ1v) is 12.0. The molecule has 0 N–H and O–H groups in total. The van der Waals surface area contributed by atoms with Crippen LogP contribution in [0.15, 0.2) is 71.6 Å². The summed E-state index contributed by atoms with van der Waals surface area (Å²) in [5.74, 6) is 0.796. The lowest BCUT2D eigenvalue weighted by Crippen LogP contribution is -2.48. The van der Waals surface area contributed by atoms with Gasteiger partial charge in [0.15, 0.2) is 0 Å². The molecule has 1 aliphatic heterocycles. The van der Waals surface area contributed by atoms with E-state index in [2.05, 4.69) is 17.0 Å². The Labute approximate surface area is 192 Å². The molecule has 1 fully saturated rings. The van der Waals surface area contributed by atoms with Crippen molar-refractivity contribution in [3.8, 4) is 16.9 Å². The van der Waals surface area contributed by atoms with Crippen LogP contribution in [0.1, 0.15) is 0 Å². The van der Waals surface area contributed by atoms with Crippen molar-refractivity contribution in [2.45, 2.75) is 4.90 Å². The number of benzene rings is 3. The second-order valence-electron chi connectivity index (χ2n) is 7.22. The van der Waals surface area contributed by atoms with Gasteiger partial charge in [0.25, 0.3) is 0 Å². The number of anilines is 1. The van der Waals surface area contributed by atoms with E-state index in [4.69, 9.17) is 27.9 Å². The Bertz CT molecular complexity index is 1190. The van der Waals surface area contributed by atoms with Crippen LogP contribution in [0, 0.1) is 0 Å². The zero-order chi connectivity index (χ0) is 22.0. The highest BCUT2D eigenvalue weighted by Crippen LogP contribution is 2.34. The molecule has 0 spiro atoms. The first-order chi connectivity index (χ1) is 14.9. The van der Waals surface area contributed by atoms with Crippen molar-refractivity contribution in [3.05, 3.63) is 76.8 Å². The largest absolute Gasteiger partial charge is 0.497 e. The Morgan fingerprint density at radius 2 is 1.58 bits per heavy atom. The zero-order valence-electron chi connectivity index (χ0n) is 17.0. The van der Waals surface area contributed by atoms with Crippen LogP contribution in [0.4, 0.5) is 5.69 Å². The van der Waals surface area contributed by atoms with E-state index in [-0.39, 0.29) is 9.92 Å². The highest BCUT2D eigenvalue weighted by atomic mass is 35.5. The van der Waals surface area contributed by atoms with E-state index in [0.717, 1.165) is 22.6 Å². The van der Waals surface area contributed by atoms with Gasteiger partial charge in [-0.25, -0.2) is 8.42 Å². The van der Waals surface area contributed by atoms with E-state index in [1.807, 2.05) is 36.4 Å². The quantitative estimate of drug-likeness (QED) is 0.508. The van der Waals surface area contributed by atoms with Gasteiger partial charge in [-0.15, -0.1) is 0 Å². The number of hydrogen-bond acceptors (Lipinski definition) is 4. The summed E-state index contributed by atoms with van der Waals surface area (Å²) in [4.78, 5) is 2.38. The molecule has 1 saturated heterocycles. The van der Waals surface area contributed by atoms with E-state index < -0.39 is 10.0 Å². The Morgan fingerprint density at radius 1 is 0.839 bits per heavy atom. The molecule has 162 valence electrons. The molecule has 3 aromatic rings. The summed E-state index contributed by atoms with van der Waals surface area (Å²) in [7, 11) is -1.98. The summed E-state index contributed by atoms with van der Waals surface area (Å²) in [5, 5.41) is 0.563. The van der Waals surface area contributed by atoms with Gasteiger partial charge in [-0.2, -0.15) is 4.31 Å². The number of piperazine rings is 1. The molecule has 0 radical (unpaired) electrons. The summed E-state index contributed by atoms with van der Waals surface area (Å²) < 4.78 is 33.0. The van der Waals surface area contributed by atoms with Gasteiger partial charge in [0.05, 0.1) is 22.1 Å². The minimum Gasteiger partial charge on any atom is -0.497 e. The minimum atomic E-state index is -3.63. The van der Waals surface area contributed by atoms with Crippen molar-refractivity contribution in [1.82, 2.24) is 4.31 Å².